The zero-order valence-electron chi connectivity index (χ0n) is 10.4. The zero-order chi connectivity index (χ0) is 14.4. The van der Waals surface area contributed by atoms with Gasteiger partial charge in [-0.3, -0.25) is 4.72 Å². The average Bonchev–Trinajstić information content (AvgIpc) is 2.46. The van der Waals surface area contributed by atoms with E-state index in [9.17, 15) is 8.42 Å². The number of hydrogen-bond acceptors (Lipinski definition) is 4. The van der Waals surface area contributed by atoms with Gasteiger partial charge in [0.15, 0.2) is 0 Å². The summed E-state index contributed by atoms with van der Waals surface area (Å²) in [5, 5.41) is 8.59. The molecule has 2 N–H and O–H groups in total. The molecule has 0 unspecified atom stereocenters. The first-order chi connectivity index (χ1) is 9.62. The van der Waals surface area contributed by atoms with Crippen molar-refractivity contribution >= 4 is 15.8 Å². The van der Waals surface area contributed by atoms with Crippen molar-refractivity contribution in [3.8, 4) is 11.8 Å². The summed E-state index contributed by atoms with van der Waals surface area (Å²) in [4.78, 5) is 4.03. The molecule has 0 bridgehead atoms. The van der Waals surface area contributed by atoms with E-state index >= 15 is 0 Å². The van der Waals surface area contributed by atoms with Gasteiger partial charge in [0.05, 0.1) is 4.90 Å². The molecule has 0 saturated carbocycles. The molecule has 2 rings (SSSR count). The number of benzene rings is 1. The van der Waals surface area contributed by atoms with E-state index in [2.05, 4.69) is 21.5 Å². The maximum absolute atomic E-state index is 12.1. The topological polar surface area (TPSA) is 79.3 Å². The Hall–Kier alpha value is -2.36. The van der Waals surface area contributed by atoms with Gasteiger partial charge in [-0.15, -0.1) is 0 Å². The van der Waals surface area contributed by atoms with Crippen LogP contribution in [0.5, 0.6) is 0 Å². The van der Waals surface area contributed by atoms with Crippen LogP contribution in [0, 0.1) is 11.8 Å². The van der Waals surface area contributed by atoms with Gasteiger partial charge in [-0.2, -0.15) is 0 Å². The number of rotatable bonds is 3. The lowest BCUT2D eigenvalue weighted by molar-refractivity contribution is 0.350. The third kappa shape index (κ3) is 3.57. The zero-order valence-corrected chi connectivity index (χ0v) is 11.3. The highest BCUT2D eigenvalue weighted by molar-refractivity contribution is 7.92. The van der Waals surface area contributed by atoms with Gasteiger partial charge in [0.1, 0.15) is 12.4 Å². The summed E-state index contributed by atoms with van der Waals surface area (Å²) in [5.74, 6) is 5.45. The van der Waals surface area contributed by atoms with Crippen LogP contribution in [0.2, 0.25) is 0 Å². The van der Waals surface area contributed by atoms with Crippen molar-refractivity contribution in [3.63, 3.8) is 0 Å². The minimum atomic E-state index is -3.66. The molecule has 0 saturated heterocycles. The monoisotopic (exact) mass is 288 g/mol. The molecular weight excluding hydrogens is 276 g/mol. The smallest absolute Gasteiger partial charge is 0.263 e. The fourth-order valence-corrected chi connectivity index (χ4v) is 2.49. The van der Waals surface area contributed by atoms with Crippen molar-refractivity contribution in [1.82, 2.24) is 4.98 Å². The second-order valence-corrected chi connectivity index (χ2v) is 5.49. The summed E-state index contributed by atoms with van der Waals surface area (Å²) in [6, 6.07) is 11.0. The van der Waals surface area contributed by atoms with Gasteiger partial charge < -0.3 is 5.11 Å². The Bertz CT molecular complexity index is 729. The normalized spacial score (nSPS) is 10.4. The minimum absolute atomic E-state index is 0.123. The Morgan fingerprint density at radius 2 is 1.90 bits per heavy atom. The van der Waals surface area contributed by atoms with Crippen molar-refractivity contribution in [3.05, 3.63) is 54.2 Å². The number of sulfonamides is 1. The highest BCUT2D eigenvalue weighted by Crippen LogP contribution is 2.14. The molecule has 1 aromatic heterocycles. The molecule has 2 aromatic rings. The quantitative estimate of drug-likeness (QED) is 0.832. The summed E-state index contributed by atoms with van der Waals surface area (Å²) in [7, 11) is -3.66. The molecule has 0 atom stereocenters. The van der Waals surface area contributed by atoms with Crippen LogP contribution in [0.15, 0.2) is 53.6 Å². The standard InChI is InChI=1S/C14H12N2O3S/c17-11-3-4-12-6-8-13(9-7-12)20(18,19)16-14-5-1-2-10-15-14/h1-2,5-10,17H,11H2,(H,15,16). The van der Waals surface area contributed by atoms with E-state index in [0.717, 1.165) is 0 Å². The summed E-state index contributed by atoms with van der Waals surface area (Å²) in [6.45, 7) is -0.235. The SMILES string of the molecule is O=S(=O)(Nc1ccccn1)c1ccc(C#CCO)cc1. The Balaban J connectivity index is 2.22. The Labute approximate surface area is 117 Å². The average molecular weight is 288 g/mol. The van der Waals surface area contributed by atoms with E-state index in [0.29, 0.717) is 5.56 Å². The highest BCUT2D eigenvalue weighted by Gasteiger charge is 2.14. The summed E-state index contributed by atoms with van der Waals surface area (Å²) >= 11 is 0. The van der Waals surface area contributed by atoms with Gasteiger partial charge in [0.2, 0.25) is 0 Å². The van der Waals surface area contributed by atoms with Gasteiger partial charge in [0.25, 0.3) is 10.0 Å². The summed E-state index contributed by atoms with van der Waals surface area (Å²) in [6.07, 6.45) is 1.51. The van der Waals surface area contributed by atoms with Crippen LogP contribution in [0.25, 0.3) is 0 Å². The molecule has 102 valence electrons. The molecule has 0 radical (unpaired) electrons. The first-order valence-electron chi connectivity index (χ1n) is 5.75. The van der Waals surface area contributed by atoms with Gasteiger partial charge in [-0.25, -0.2) is 13.4 Å². The predicted molar refractivity (Wildman–Crippen MR) is 75.5 cm³/mol. The molecule has 5 nitrogen and oxygen atoms in total. The molecule has 0 aliphatic heterocycles. The van der Waals surface area contributed by atoms with Crippen LogP contribution in [0.1, 0.15) is 5.56 Å². The molecule has 20 heavy (non-hydrogen) atoms. The van der Waals surface area contributed by atoms with Crippen molar-refractivity contribution in [2.24, 2.45) is 0 Å². The summed E-state index contributed by atoms with van der Waals surface area (Å²) in [5.41, 5.74) is 0.635. The van der Waals surface area contributed by atoms with Gasteiger partial charge in [-0.05, 0) is 36.4 Å². The van der Waals surface area contributed by atoms with E-state index in [1.165, 1.54) is 18.3 Å². The maximum atomic E-state index is 12.1. The number of aromatic nitrogens is 1. The van der Waals surface area contributed by atoms with Gasteiger partial charge >= 0.3 is 0 Å². The second-order valence-electron chi connectivity index (χ2n) is 3.80. The van der Waals surface area contributed by atoms with E-state index in [1.54, 1.807) is 30.3 Å². The largest absolute Gasteiger partial charge is 0.384 e. The number of hydrogen-bond donors (Lipinski definition) is 2. The Morgan fingerprint density at radius 3 is 2.50 bits per heavy atom. The number of nitrogens with one attached hydrogen (secondary N) is 1. The van der Waals surface area contributed by atoms with Crippen LogP contribution in [0.3, 0.4) is 0 Å². The number of nitrogens with zero attached hydrogens (tertiary/aromatic N) is 1. The lowest BCUT2D eigenvalue weighted by Gasteiger charge is -2.06. The molecule has 1 aromatic carbocycles. The number of aliphatic hydroxyl groups is 1. The first-order valence-corrected chi connectivity index (χ1v) is 7.24. The van der Waals surface area contributed by atoms with Gasteiger partial charge in [0, 0.05) is 11.8 Å². The lowest BCUT2D eigenvalue weighted by atomic mass is 10.2. The van der Waals surface area contributed by atoms with E-state index in [1.807, 2.05) is 0 Å². The maximum Gasteiger partial charge on any atom is 0.263 e. The predicted octanol–water partition coefficient (Wildman–Crippen LogP) is 1.23. The molecule has 6 heteroatoms. The first kappa shape index (κ1) is 14.1. The van der Waals surface area contributed by atoms with Crippen molar-refractivity contribution in [2.45, 2.75) is 4.90 Å². The summed E-state index contributed by atoms with van der Waals surface area (Å²) < 4.78 is 26.6. The van der Waals surface area contributed by atoms with Crippen LogP contribution in [-0.4, -0.2) is 25.1 Å². The molecular formula is C14H12N2O3S. The molecule has 1 heterocycles. The molecule has 0 aliphatic rings. The number of pyridine rings is 1. The molecule has 0 spiro atoms. The van der Waals surface area contributed by atoms with Crippen LogP contribution < -0.4 is 4.72 Å². The third-order valence-corrected chi connectivity index (χ3v) is 3.75. The van der Waals surface area contributed by atoms with Crippen molar-refractivity contribution in [1.29, 1.82) is 0 Å². The lowest BCUT2D eigenvalue weighted by Crippen LogP contribution is -2.13. The van der Waals surface area contributed by atoms with Crippen molar-refractivity contribution < 1.29 is 13.5 Å². The Morgan fingerprint density at radius 1 is 1.15 bits per heavy atom. The fourth-order valence-electron chi connectivity index (χ4n) is 1.48. The van der Waals surface area contributed by atoms with Crippen LogP contribution >= 0.6 is 0 Å². The van der Waals surface area contributed by atoms with E-state index in [-0.39, 0.29) is 17.3 Å². The second kappa shape index (κ2) is 6.19. The molecule has 0 amide bonds. The number of aliphatic hydroxyl groups excluding tert-OH is 1. The van der Waals surface area contributed by atoms with Crippen LogP contribution in [-0.2, 0) is 10.0 Å². The van der Waals surface area contributed by atoms with E-state index < -0.39 is 10.0 Å². The van der Waals surface area contributed by atoms with Crippen LogP contribution in [0.4, 0.5) is 5.82 Å². The van der Waals surface area contributed by atoms with Crippen molar-refractivity contribution in [2.75, 3.05) is 11.3 Å². The van der Waals surface area contributed by atoms with E-state index in [4.69, 9.17) is 5.11 Å². The third-order valence-electron chi connectivity index (χ3n) is 2.38. The molecule has 0 fully saturated rings. The Kier molecular flexibility index (Phi) is 4.35. The highest BCUT2D eigenvalue weighted by atomic mass is 32.2. The minimum Gasteiger partial charge on any atom is -0.384 e. The number of anilines is 1. The fraction of sp³-hybridized carbons (Fsp3) is 0.0714. The van der Waals surface area contributed by atoms with Gasteiger partial charge in [-0.1, -0.05) is 17.9 Å². The molecule has 0 aliphatic carbocycles.